The second-order valence-corrected chi connectivity index (χ2v) is 4.81. The molecule has 5 nitrogen and oxygen atoms in total. The first-order valence-electron chi connectivity index (χ1n) is 6.60. The summed E-state index contributed by atoms with van der Waals surface area (Å²) < 4.78 is 18.1. The Morgan fingerprint density at radius 3 is 3.00 bits per heavy atom. The third-order valence-electron chi connectivity index (χ3n) is 3.58. The summed E-state index contributed by atoms with van der Waals surface area (Å²) in [5.41, 5.74) is 0.501. The standard InChI is InChI=1S/C15H15FN2O3/c1-21-15(20)13-5-6-14(19)18(13)12(7-8-17)10-3-2-4-11(16)9-10/h2-4,9,12-13H,5-7H2,1H3. The molecule has 0 N–H and O–H groups in total. The van der Waals surface area contributed by atoms with Crippen LogP contribution in [-0.4, -0.2) is 29.9 Å². The third-order valence-corrected chi connectivity index (χ3v) is 3.58. The Morgan fingerprint density at radius 2 is 2.38 bits per heavy atom. The molecule has 6 heteroatoms. The predicted molar refractivity (Wildman–Crippen MR) is 71.3 cm³/mol. The Bertz CT molecular complexity index is 597. The van der Waals surface area contributed by atoms with Gasteiger partial charge >= 0.3 is 5.97 Å². The normalized spacial score (nSPS) is 19.2. The quantitative estimate of drug-likeness (QED) is 0.795. The molecular weight excluding hydrogens is 275 g/mol. The van der Waals surface area contributed by atoms with Gasteiger partial charge in [0, 0.05) is 6.42 Å². The van der Waals surface area contributed by atoms with Crippen LogP contribution in [0.2, 0.25) is 0 Å². The fraction of sp³-hybridized carbons (Fsp3) is 0.400. The molecule has 1 saturated heterocycles. The van der Waals surface area contributed by atoms with E-state index in [1.54, 1.807) is 6.07 Å². The Hall–Kier alpha value is -2.42. The van der Waals surface area contributed by atoms with Crippen molar-refractivity contribution in [1.29, 1.82) is 5.26 Å². The largest absolute Gasteiger partial charge is 0.467 e. The van der Waals surface area contributed by atoms with Crippen LogP contribution >= 0.6 is 0 Å². The van der Waals surface area contributed by atoms with Crippen LogP contribution in [0.4, 0.5) is 4.39 Å². The highest BCUT2D eigenvalue weighted by Crippen LogP contribution is 2.33. The topological polar surface area (TPSA) is 70.4 Å². The number of carbonyl (C=O) groups excluding carboxylic acids is 2. The summed E-state index contributed by atoms with van der Waals surface area (Å²) in [4.78, 5) is 25.2. The minimum atomic E-state index is -0.718. The minimum Gasteiger partial charge on any atom is -0.467 e. The van der Waals surface area contributed by atoms with Gasteiger partial charge in [-0.2, -0.15) is 5.26 Å². The molecule has 2 rings (SSSR count). The first-order chi connectivity index (χ1) is 10.1. The highest BCUT2D eigenvalue weighted by Gasteiger charge is 2.41. The maximum atomic E-state index is 13.4. The maximum Gasteiger partial charge on any atom is 0.328 e. The maximum absolute atomic E-state index is 13.4. The molecule has 0 saturated carbocycles. The molecule has 1 fully saturated rings. The van der Waals surface area contributed by atoms with E-state index < -0.39 is 23.9 Å². The number of carbonyl (C=O) groups is 2. The van der Waals surface area contributed by atoms with Crippen LogP contribution in [0.1, 0.15) is 30.9 Å². The molecule has 1 aromatic rings. The summed E-state index contributed by atoms with van der Waals surface area (Å²) in [5, 5.41) is 9.00. The van der Waals surface area contributed by atoms with E-state index in [2.05, 4.69) is 0 Å². The Balaban J connectivity index is 2.38. The molecule has 1 aromatic carbocycles. The molecule has 1 aliphatic rings. The van der Waals surface area contributed by atoms with Crippen LogP contribution in [0.25, 0.3) is 0 Å². The zero-order valence-electron chi connectivity index (χ0n) is 11.6. The van der Waals surface area contributed by atoms with Gasteiger partial charge in [0.05, 0.1) is 25.6 Å². The van der Waals surface area contributed by atoms with Gasteiger partial charge in [-0.3, -0.25) is 4.79 Å². The van der Waals surface area contributed by atoms with Crippen molar-refractivity contribution >= 4 is 11.9 Å². The van der Waals surface area contributed by atoms with Crippen molar-refractivity contribution < 1.29 is 18.7 Å². The van der Waals surface area contributed by atoms with Gasteiger partial charge < -0.3 is 9.64 Å². The zero-order chi connectivity index (χ0) is 15.4. The Kier molecular flexibility index (Phi) is 4.53. The molecule has 0 aliphatic carbocycles. The van der Waals surface area contributed by atoms with Crippen LogP contribution in [0.3, 0.4) is 0 Å². The van der Waals surface area contributed by atoms with E-state index in [1.165, 1.54) is 30.2 Å². The third kappa shape index (κ3) is 3.02. The second-order valence-electron chi connectivity index (χ2n) is 4.81. The molecule has 21 heavy (non-hydrogen) atoms. The summed E-state index contributed by atoms with van der Waals surface area (Å²) in [7, 11) is 1.25. The highest BCUT2D eigenvalue weighted by molar-refractivity contribution is 5.88. The van der Waals surface area contributed by atoms with E-state index in [4.69, 9.17) is 10.00 Å². The molecule has 0 radical (unpaired) electrons. The average molecular weight is 290 g/mol. The summed E-state index contributed by atoms with van der Waals surface area (Å²) in [6.07, 6.45) is 0.558. The van der Waals surface area contributed by atoms with Gasteiger partial charge in [0.15, 0.2) is 0 Å². The number of rotatable bonds is 4. The van der Waals surface area contributed by atoms with E-state index in [0.29, 0.717) is 12.0 Å². The van der Waals surface area contributed by atoms with E-state index >= 15 is 0 Å². The Labute approximate surface area is 121 Å². The van der Waals surface area contributed by atoms with Crippen molar-refractivity contribution in [2.24, 2.45) is 0 Å². The molecule has 1 heterocycles. The fourth-order valence-electron chi connectivity index (χ4n) is 2.64. The van der Waals surface area contributed by atoms with Crippen molar-refractivity contribution in [3.63, 3.8) is 0 Å². The van der Waals surface area contributed by atoms with Gasteiger partial charge in [-0.1, -0.05) is 12.1 Å². The minimum absolute atomic E-state index is 0.0112. The van der Waals surface area contributed by atoms with E-state index in [-0.39, 0.29) is 18.7 Å². The number of halogens is 1. The lowest BCUT2D eigenvalue weighted by atomic mass is 10.0. The zero-order valence-corrected chi connectivity index (χ0v) is 11.6. The predicted octanol–water partition coefficient (Wildman–Crippen LogP) is 1.94. The van der Waals surface area contributed by atoms with Gasteiger partial charge in [-0.05, 0) is 24.1 Å². The van der Waals surface area contributed by atoms with Crippen molar-refractivity contribution in [3.05, 3.63) is 35.6 Å². The molecule has 0 aromatic heterocycles. The first-order valence-corrected chi connectivity index (χ1v) is 6.60. The van der Waals surface area contributed by atoms with Crippen molar-refractivity contribution in [3.8, 4) is 6.07 Å². The summed E-state index contributed by atoms with van der Waals surface area (Å²) in [5.74, 6) is -1.19. The lowest BCUT2D eigenvalue weighted by molar-refractivity contribution is -0.150. The number of nitriles is 1. The summed E-state index contributed by atoms with van der Waals surface area (Å²) in [6.45, 7) is 0. The van der Waals surface area contributed by atoms with Gasteiger partial charge in [0.25, 0.3) is 0 Å². The molecular formula is C15H15FN2O3. The monoisotopic (exact) mass is 290 g/mol. The van der Waals surface area contributed by atoms with Gasteiger partial charge in [-0.15, -0.1) is 0 Å². The average Bonchev–Trinajstić information content (AvgIpc) is 2.85. The number of amides is 1. The van der Waals surface area contributed by atoms with Crippen molar-refractivity contribution in [2.45, 2.75) is 31.3 Å². The number of likely N-dealkylation sites (tertiary alicyclic amines) is 1. The molecule has 2 atom stereocenters. The van der Waals surface area contributed by atoms with Gasteiger partial charge in [-0.25, -0.2) is 9.18 Å². The molecule has 0 spiro atoms. The van der Waals surface area contributed by atoms with Crippen LogP contribution < -0.4 is 0 Å². The fourth-order valence-corrected chi connectivity index (χ4v) is 2.64. The first kappa shape index (κ1) is 15.0. The Morgan fingerprint density at radius 1 is 1.62 bits per heavy atom. The second kappa shape index (κ2) is 6.35. The van der Waals surface area contributed by atoms with Crippen LogP contribution in [0, 0.1) is 17.1 Å². The molecule has 2 unspecified atom stereocenters. The number of esters is 1. The molecule has 0 bridgehead atoms. The lowest BCUT2D eigenvalue weighted by Gasteiger charge is -2.31. The van der Waals surface area contributed by atoms with Crippen LogP contribution in [-0.2, 0) is 14.3 Å². The summed E-state index contributed by atoms with van der Waals surface area (Å²) in [6, 6.07) is 6.35. The number of methoxy groups -OCH3 is 1. The lowest BCUT2D eigenvalue weighted by Crippen LogP contribution is -2.41. The molecule has 110 valence electrons. The number of hydrogen-bond donors (Lipinski definition) is 0. The summed E-state index contributed by atoms with van der Waals surface area (Å²) >= 11 is 0. The number of benzene rings is 1. The van der Waals surface area contributed by atoms with Gasteiger partial charge in [0.1, 0.15) is 11.9 Å². The number of ether oxygens (including phenoxy) is 1. The SMILES string of the molecule is COC(=O)C1CCC(=O)N1C(CC#N)c1cccc(F)c1. The van der Waals surface area contributed by atoms with E-state index in [9.17, 15) is 14.0 Å². The molecule has 1 aliphatic heterocycles. The highest BCUT2D eigenvalue weighted by atomic mass is 19.1. The number of nitrogens with zero attached hydrogens (tertiary/aromatic N) is 2. The van der Waals surface area contributed by atoms with Crippen LogP contribution in [0.15, 0.2) is 24.3 Å². The van der Waals surface area contributed by atoms with Crippen molar-refractivity contribution in [2.75, 3.05) is 7.11 Å². The van der Waals surface area contributed by atoms with Crippen LogP contribution in [0.5, 0.6) is 0 Å². The van der Waals surface area contributed by atoms with E-state index in [0.717, 1.165) is 0 Å². The van der Waals surface area contributed by atoms with Crippen molar-refractivity contribution in [1.82, 2.24) is 4.90 Å². The molecule has 1 amide bonds. The number of hydrogen-bond acceptors (Lipinski definition) is 4. The smallest absolute Gasteiger partial charge is 0.328 e. The van der Waals surface area contributed by atoms with Gasteiger partial charge in [0.2, 0.25) is 5.91 Å². The van der Waals surface area contributed by atoms with E-state index in [1.807, 2.05) is 6.07 Å².